The summed E-state index contributed by atoms with van der Waals surface area (Å²) in [5.41, 5.74) is 10.9. The van der Waals surface area contributed by atoms with Gasteiger partial charge >= 0.3 is 0 Å². The molecule has 1 aromatic heterocycles. The molecule has 8 aromatic carbocycles. The van der Waals surface area contributed by atoms with E-state index in [0.29, 0.717) is 33.8 Å². The Kier molecular flexibility index (Phi) is 8.11. The summed E-state index contributed by atoms with van der Waals surface area (Å²) < 4.78 is 2.06. The number of amides is 2. The number of hydrogen-bond donors (Lipinski definition) is 0. The molecule has 10 rings (SSSR count). The van der Waals surface area contributed by atoms with Crippen molar-refractivity contribution in [3.63, 3.8) is 0 Å². The fraction of sp³-hybridized carbons (Fsp3) is 0. The Morgan fingerprint density at radius 1 is 0.483 bits per heavy atom. The standard InChI is InChI=1S/C52H30N4O2/c1-54-45-24-11-10-20-39(45)36-27-29-43-42-28-26-35(38-19-9-8-18-37(38)32-53)30-47(42)55(48(43)31-36)46-25-13-23-44-49(46)52(58)56(51(44)57)50-40(33-14-4-2-5-15-33)21-12-22-41(50)34-16-6-3-7-17-34/h2-31H. The van der Waals surface area contributed by atoms with E-state index in [4.69, 9.17) is 6.57 Å². The summed E-state index contributed by atoms with van der Waals surface area (Å²) >= 11 is 0. The summed E-state index contributed by atoms with van der Waals surface area (Å²) in [7, 11) is 0. The van der Waals surface area contributed by atoms with Crippen LogP contribution in [0.2, 0.25) is 0 Å². The number of para-hydroxylation sites is 2. The van der Waals surface area contributed by atoms with Crippen LogP contribution >= 0.6 is 0 Å². The van der Waals surface area contributed by atoms with Crippen LogP contribution in [0.5, 0.6) is 0 Å². The van der Waals surface area contributed by atoms with E-state index < -0.39 is 11.8 Å². The van der Waals surface area contributed by atoms with E-state index in [0.717, 1.165) is 66.3 Å². The Bertz CT molecular complexity index is 3070. The van der Waals surface area contributed by atoms with Crippen LogP contribution in [-0.4, -0.2) is 16.4 Å². The molecule has 2 heterocycles. The molecule has 270 valence electrons. The summed E-state index contributed by atoms with van der Waals surface area (Å²) in [5, 5.41) is 11.9. The molecule has 0 aliphatic carbocycles. The molecule has 6 nitrogen and oxygen atoms in total. The molecule has 6 heteroatoms. The molecule has 58 heavy (non-hydrogen) atoms. The number of fused-ring (bicyclic) bond motifs is 4. The predicted molar refractivity (Wildman–Crippen MR) is 231 cm³/mol. The van der Waals surface area contributed by atoms with Crippen molar-refractivity contribution in [3.8, 4) is 56.3 Å². The molecule has 0 bridgehead atoms. The monoisotopic (exact) mass is 742 g/mol. The molecular weight excluding hydrogens is 713 g/mol. The first-order valence-electron chi connectivity index (χ1n) is 18.9. The lowest BCUT2D eigenvalue weighted by Crippen LogP contribution is -2.30. The van der Waals surface area contributed by atoms with Gasteiger partial charge in [0.15, 0.2) is 5.69 Å². The van der Waals surface area contributed by atoms with E-state index in [-0.39, 0.29) is 0 Å². The van der Waals surface area contributed by atoms with Gasteiger partial charge in [-0.05, 0) is 63.7 Å². The van der Waals surface area contributed by atoms with E-state index in [9.17, 15) is 10.1 Å². The van der Waals surface area contributed by atoms with Crippen molar-refractivity contribution < 1.29 is 9.59 Å². The molecule has 0 atom stereocenters. The van der Waals surface area contributed by atoms with Crippen LogP contribution in [0.4, 0.5) is 11.4 Å². The summed E-state index contributed by atoms with van der Waals surface area (Å²) in [5.74, 6) is -0.829. The highest BCUT2D eigenvalue weighted by atomic mass is 16.2. The SMILES string of the molecule is [C-]#[N+]c1ccccc1-c1ccc2c3ccc(-c4ccccc4C#N)cc3n(-c3cccc4c3C(=O)N(c3c(-c5ccccc5)cccc3-c3ccccc3)C4=O)c2c1. The Morgan fingerprint density at radius 3 is 1.62 bits per heavy atom. The van der Waals surface area contributed by atoms with Crippen LogP contribution in [0.25, 0.3) is 76.8 Å². The minimum Gasteiger partial charge on any atom is -0.308 e. The summed E-state index contributed by atoms with van der Waals surface area (Å²) in [4.78, 5) is 35.4. The van der Waals surface area contributed by atoms with E-state index in [1.165, 1.54) is 4.90 Å². The number of hydrogen-bond acceptors (Lipinski definition) is 3. The predicted octanol–water partition coefficient (Wildman–Crippen LogP) is 12.7. The van der Waals surface area contributed by atoms with Gasteiger partial charge in [0.05, 0.1) is 51.7 Å². The van der Waals surface area contributed by atoms with Crippen LogP contribution < -0.4 is 4.90 Å². The van der Waals surface area contributed by atoms with Crippen molar-refractivity contribution in [1.82, 2.24) is 4.57 Å². The molecule has 1 aliphatic rings. The van der Waals surface area contributed by atoms with E-state index >= 15 is 4.79 Å². The van der Waals surface area contributed by atoms with Gasteiger partial charge < -0.3 is 4.57 Å². The number of nitriles is 1. The smallest absolute Gasteiger partial charge is 0.268 e. The molecule has 0 spiro atoms. The molecule has 0 N–H and O–H groups in total. The number of anilines is 1. The Hall–Kier alpha value is -8.32. The van der Waals surface area contributed by atoms with Gasteiger partial charge in [0.25, 0.3) is 11.8 Å². The normalized spacial score (nSPS) is 12.1. The number of benzene rings is 8. The maximum Gasteiger partial charge on any atom is 0.268 e. The van der Waals surface area contributed by atoms with Gasteiger partial charge in [0, 0.05) is 21.9 Å². The van der Waals surface area contributed by atoms with Crippen molar-refractivity contribution in [2.24, 2.45) is 0 Å². The topological polar surface area (TPSA) is 70.5 Å². The van der Waals surface area contributed by atoms with E-state index in [1.54, 1.807) is 18.2 Å². The van der Waals surface area contributed by atoms with E-state index in [2.05, 4.69) is 39.7 Å². The molecular formula is C52H30N4O2. The molecule has 0 saturated carbocycles. The van der Waals surface area contributed by atoms with Crippen LogP contribution in [0.3, 0.4) is 0 Å². The zero-order valence-corrected chi connectivity index (χ0v) is 30.9. The quantitative estimate of drug-likeness (QED) is 0.126. The third kappa shape index (κ3) is 5.33. The van der Waals surface area contributed by atoms with Gasteiger partial charge in [0.1, 0.15) is 0 Å². The number of imide groups is 1. The zero-order valence-electron chi connectivity index (χ0n) is 30.9. The highest BCUT2D eigenvalue weighted by molar-refractivity contribution is 6.37. The molecule has 9 aromatic rings. The van der Waals surface area contributed by atoms with Crippen LogP contribution in [0, 0.1) is 17.9 Å². The van der Waals surface area contributed by atoms with Crippen molar-refractivity contribution >= 4 is 45.0 Å². The average Bonchev–Trinajstić information content (AvgIpc) is 3.75. The summed E-state index contributed by atoms with van der Waals surface area (Å²) in [6, 6.07) is 60.5. The highest BCUT2D eigenvalue weighted by Crippen LogP contribution is 2.45. The second-order valence-corrected chi connectivity index (χ2v) is 14.2. The molecule has 0 unspecified atom stereocenters. The number of rotatable bonds is 6. The lowest BCUT2D eigenvalue weighted by Gasteiger charge is -2.23. The lowest BCUT2D eigenvalue weighted by atomic mass is 9.95. The number of aromatic nitrogens is 1. The van der Waals surface area contributed by atoms with Gasteiger partial charge in [-0.2, -0.15) is 5.26 Å². The summed E-state index contributed by atoms with van der Waals surface area (Å²) in [6.45, 7) is 7.88. The zero-order chi connectivity index (χ0) is 39.3. The van der Waals surface area contributed by atoms with Crippen molar-refractivity contribution in [1.29, 1.82) is 5.26 Å². The Labute approximate surface area is 334 Å². The Morgan fingerprint density at radius 2 is 1.00 bits per heavy atom. The van der Waals surface area contributed by atoms with Gasteiger partial charge in [0.2, 0.25) is 0 Å². The molecule has 2 amide bonds. The Balaban J connectivity index is 1.25. The molecule has 0 radical (unpaired) electrons. The minimum atomic E-state index is -0.424. The first-order valence-corrected chi connectivity index (χ1v) is 18.9. The van der Waals surface area contributed by atoms with Crippen LogP contribution in [-0.2, 0) is 0 Å². The molecule has 0 fully saturated rings. The second kappa shape index (κ2) is 13.8. The van der Waals surface area contributed by atoms with Crippen LogP contribution in [0.1, 0.15) is 26.3 Å². The van der Waals surface area contributed by atoms with Crippen molar-refractivity contribution in [2.45, 2.75) is 0 Å². The number of nitrogens with zero attached hydrogens (tertiary/aromatic N) is 4. The maximum absolute atomic E-state index is 15.3. The third-order valence-corrected chi connectivity index (χ3v) is 11.0. The lowest BCUT2D eigenvalue weighted by molar-refractivity contribution is 0.0926. The molecule has 1 aliphatic heterocycles. The first kappa shape index (κ1) is 34.2. The van der Waals surface area contributed by atoms with Crippen LogP contribution in [0.15, 0.2) is 182 Å². The van der Waals surface area contributed by atoms with E-state index in [1.807, 2.05) is 140 Å². The first-order chi connectivity index (χ1) is 28.6. The average molecular weight is 743 g/mol. The maximum atomic E-state index is 15.3. The van der Waals surface area contributed by atoms with Gasteiger partial charge in [-0.25, -0.2) is 9.74 Å². The van der Waals surface area contributed by atoms with Gasteiger partial charge in [-0.1, -0.05) is 152 Å². The van der Waals surface area contributed by atoms with Crippen molar-refractivity contribution in [3.05, 3.63) is 210 Å². The minimum absolute atomic E-state index is 0.294. The molecule has 0 saturated heterocycles. The number of carbonyl (C=O) groups is 2. The second-order valence-electron chi connectivity index (χ2n) is 14.2. The highest BCUT2D eigenvalue weighted by Gasteiger charge is 2.41. The largest absolute Gasteiger partial charge is 0.308 e. The van der Waals surface area contributed by atoms with Gasteiger partial charge in [-0.15, -0.1) is 0 Å². The summed E-state index contributed by atoms with van der Waals surface area (Å²) in [6.07, 6.45) is 0. The van der Waals surface area contributed by atoms with Crippen molar-refractivity contribution in [2.75, 3.05) is 4.90 Å². The van der Waals surface area contributed by atoms with Gasteiger partial charge in [-0.3, -0.25) is 9.59 Å². The number of carbonyl (C=O) groups excluding carboxylic acids is 2. The fourth-order valence-corrected chi connectivity index (χ4v) is 8.40. The third-order valence-electron chi connectivity index (χ3n) is 11.0. The fourth-order valence-electron chi connectivity index (χ4n) is 8.40.